The molecule has 0 aliphatic carbocycles. The van der Waals surface area contributed by atoms with Gasteiger partial charge in [0.1, 0.15) is 0 Å². The number of amides is 1. The Morgan fingerprint density at radius 1 is 1.26 bits per heavy atom. The Kier molecular flexibility index (Phi) is 5.34. The molecule has 0 N–H and O–H groups in total. The molecular weight excluding hydrogens is 361 g/mol. The highest BCUT2D eigenvalue weighted by Gasteiger charge is 2.37. The van der Waals surface area contributed by atoms with Crippen LogP contribution in [-0.2, 0) is 14.3 Å². The van der Waals surface area contributed by atoms with Crippen LogP contribution in [-0.4, -0.2) is 41.1 Å². The van der Waals surface area contributed by atoms with E-state index in [1.54, 1.807) is 12.3 Å². The minimum atomic E-state index is -4.67. The molecule has 144 valence electrons. The van der Waals surface area contributed by atoms with Crippen LogP contribution in [0.2, 0.25) is 0 Å². The summed E-state index contributed by atoms with van der Waals surface area (Å²) in [6.07, 6.45) is -1.53. The van der Waals surface area contributed by atoms with E-state index in [4.69, 9.17) is 0 Å². The van der Waals surface area contributed by atoms with Crippen molar-refractivity contribution in [2.24, 2.45) is 5.92 Å². The number of rotatable bonds is 2. The van der Waals surface area contributed by atoms with Gasteiger partial charge in [-0.3, -0.25) is 9.78 Å². The van der Waals surface area contributed by atoms with Gasteiger partial charge in [-0.1, -0.05) is 19.1 Å². The minimum Gasteiger partial charge on any atom is -0.449 e. The highest BCUT2D eigenvalue weighted by Crippen LogP contribution is 2.34. The Balaban J connectivity index is 1.83. The van der Waals surface area contributed by atoms with Crippen LogP contribution in [0.4, 0.5) is 13.2 Å². The molecule has 1 fully saturated rings. The van der Waals surface area contributed by atoms with Crippen molar-refractivity contribution in [3.8, 4) is 0 Å². The van der Waals surface area contributed by atoms with Gasteiger partial charge < -0.3 is 9.64 Å². The summed E-state index contributed by atoms with van der Waals surface area (Å²) in [5, 5.41) is 0.890. The number of nitrogens with zero attached hydrogens (tertiary/aromatic N) is 2. The van der Waals surface area contributed by atoms with Crippen molar-refractivity contribution in [3.05, 3.63) is 42.1 Å². The summed E-state index contributed by atoms with van der Waals surface area (Å²) in [4.78, 5) is 29.9. The minimum absolute atomic E-state index is 0.141. The first kappa shape index (κ1) is 19.1. The molecule has 0 bridgehead atoms. The highest BCUT2D eigenvalue weighted by atomic mass is 19.4. The van der Waals surface area contributed by atoms with Crippen molar-refractivity contribution >= 4 is 22.8 Å². The van der Waals surface area contributed by atoms with E-state index in [0.717, 1.165) is 22.9 Å². The number of ether oxygens (including phenoxy) is 1. The van der Waals surface area contributed by atoms with Gasteiger partial charge >= 0.3 is 18.1 Å². The molecule has 1 aromatic heterocycles. The van der Waals surface area contributed by atoms with E-state index in [9.17, 15) is 22.8 Å². The van der Waals surface area contributed by atoms with Gasteiger partial charge in [0.2, 0.25) is 0 Å². The fourth-order valence-corrected chi connectivity index (χ4v) is 3.35. The first-order valence-electron chi connectivity index (χ1n) is 8.64. The van der Waals surface area contributed by atoms with E-state index in [1.165, 1.54) is 4.90 Å². The summed E-state index contributed by atoms with van der Waals surface area (Å²) >= 11 is 0. The number of pyridine rings is 1. The molecule has 2 heterocycles. The lowest BCUT2D eigenvalue weighted by molar-refractivity contribution is -0.190. The molecule has 3 rings (SSSR count). The van der Waals surface area contributed by atoms with Crippen molar-refractivity contribution in [3.63, 3.8) is 0 Å². The molecule has 1 amide bonds. The average Bonchev–Trinajstić information content (AvgIpc) is 2.64. The van der Waals surface area contributed by atoms with Gasteiger partial charge in [-0.05, 0) is 42.5 Å². The van der Waals surface area contributed by atoms with Crippen LogP contribution in [0.5, 0.6) is 0 Å². The van der Waals surface area contributed by atoms with Crippen LogP contribution < -0.4 is 0 Å². The number of aromatic nitrogens is 1. The second-order valence-corrected chi connectivity index (χ2v) is 6.80. The van der Waals surface area contributed by atoms with Crippen molar-refractivity contribution < 1.29 is 27.5 Å². The van der Waals surface area contributed by atoms with Crippen LogP contribution in [0, 0.1) is 5.92 Å². The molecule has 27 heavy (non-hydrogen) atoms. The van der Waals surface area contributed by atoms with Gasteiger partial charge in [-0.2, -0.15) is 13.2 Å². The predicted molar refractivity (Wildman–Crippen MR) is 91.6 cm³/mol. The summed E-state index contributed by atoms with van der Waals surface area (Å²) in [6, 6.07) is 8.85. The molecule has 0 saturated carbocycles. The number of fused-ring (bicyclic) bond motifs is 1. The fraction of sp³-hybridized carbons (Fsp3) is 0.421. The zero-order valence-corrected chi connectivity index (χ0v) is 14.7. The third-order valence-corrected chi connectivity index (χ3v) is 4.63. The smallest absolute Gasteiger partial charge is 0.422 e. The summed E-state index contributed by atoms with van der Waals surface area (Å²) in [7, 11) is 0. The number of piperidine rings is 1. The predicted octanol–water partition coefficient (Wildman–Crippen LogP) is 3.64. The number of benzene rings is 1. The molecule has 1 aliphatic rings. The second-order valence-electron chi connectivity index (χ2n) is 6.80. The van der Waals surface area contributed by atoms with Crippen LogP contribution in [0.3, 0.4) is 0 Å². The molecule has 2 atom stereocenters. The van der Waals surface area contributed by atoms with Crippen LogP contribution in [0.15, 0.2) is 36.5 Å². The van der Waals surface area contributed by atoms with E-state index in [1.807, 2.05) is 31.2 Å². The number of esters is 1. The van der Waals surface area contributed by atoms with Crippen LogP contribution >= 0.6 is 0 Å². The quantitative estimate of drug-likeness (QED) is 0.590. The lowest BCUT2D eigenvalue weighted by atomic mass is 9.89. The maximum Gasteiger partial charge on any atom is 0.422 e. The summed E-state index contributed by atoms with van der Waals surface area (Å²) in [6.45, 7) is 0.449. The fourth-order valence-electron chi connectivity index (χ4n) is 3.35. The summed E-state index contributed by atoms with van der Waals surface area (Å²) in [5.41, 5.74) is 1.62. The molecule has 5 nitrogen and oxygen atoms in total. The van der Waals surface area contributed by atoms with E-state index in [2.05, 4.69) is 9.72 Å². The van der Waals surface area contributed by atoms with Gasteiger partial charge in [0.05, 0.1) is 11.6 Å². The highest BCUT2D eigenvalue weighted by molar-refractivity contribution is 6.32. The van der Waals surface area contributed by atoms with Crippen molar-refractivity contribution in [1.29, 1.82) is 0 Å². The molecule has 8 heteroatoms. The number of carbonyl (C=O) groups excluding carboxylic acids is 2. The topological polar surface area (TPSA) is 59.5 Å². The van der Waals surface area contributed by atoms with Crippen LogP contribution in [0.25, 0.3) is 10.9 Å². The number of alkyl halides is 3. The SMILES string of the molecule is C[C@H]1CC[C@H](c2ccc3ncccc3c2)N(C(=O)C(=O)OCC(F)(F)F)C1. The van der Waals surface area contributed by atoms with E-state index in [-0.39, 0.29) is 12.5 Å². The monoisotopic (exact) mass is 380 g/mol. The number of halogens is 3. The largest absolute Gasteiger partial charge is 0.449 e. The lowest BCUT2D eigenvalue weighted by Gasteiger charge is -2.38. The maximum atomic E-state index is 12.5. The van der Waals surface area contributed by atoms with Crippen LogP contribution in [0.1, 0.15) is 31.4 Å². The second kappa shape index (κ2) is 7.54. The summed E-state index contributed by atoms with van der Waals surface area (Å²) in [5.74, 6) is -2.38. The number of carbonyl (C=O) groups is 2. The third kappa shape index (κ3) is 4.56. The van der Waals surface area contributed by atoms with E-state index < -0.39 is 30.7 Å². The van der Waals surface area contributed by atoms with Crippen molar-refractivity contribution in [2.75, 3.05) is 13.2 Å². The zero-order valence-electron chi connectivity index (χ0n) is 14.7. The Morgan fingerprint density at radius 3 is 2.78 bits per heavy atom. The van der Waals surface area contributed by atoms with E-state index >= 15 is 0 Å². The maximum absolute atomic E-state index is 12.5. The Hall–Kier alpha value is -2.64. The number of likely N-dealkylation sites (tertiary alicyclic amines) is 1. The first-order chi connectivity index (χ1) is 12.7. The van der Waals surface area contributed by atoms with Crippen molar-refractivity contribution in [2.45, 2.75) is 32.0 Å². The van der Waals surface area contributed by atoms with E-state index in [0.29, 0.717) is 6.42 Å². The average molecular weight is 380 g/mol. The van der Waals surface area contributed by atoms with Gasteiger partial charge in [-0.25, -0.2) is 4.79 Å². The van der Waals surface area contributed by atoms with Gasteiger partial charge in [0, 0.05) is 18.1 Å². The van der Waals surface area contributed by atoms with Gasteiger partial charge in [0.25, 0.3) is 0 Å². The molecule has 0 unspecified atom stereocenters. The van der Waals surface area contributed by atoms with Gasteiger partial charge in [0.15, 0.2) is 6.61 Å². The molecule has 2 aromatic rings. The molecular formula is C19H19F3N2O3. The van der Waals surface area contributed by atoms with Gasteiger partial charge in [-0.15, -0.1) is 0 Å². The third-order valence-electron chi connectivity index (χ3n) is 4.63. The first-order valence-corrected chi connectivity index (χ1v) is 8.64. The zero-order chi connectivity index (χ0) is 19.6. The van der Waals surface area contributed by atoms with Crippen molar-refractivity contribution in [1.82, 2.24) is 9.88 Å². The molecule has 0 radical (unpaired) electrons. The Bertz CT molecular complexity index is 853. The lowest BCUT2D eigenvalue weighted by Crippen LogP contribution is -2.45. The Morgan fingerprint density at radius 2 is 2.04 bits per heavy atom. The molecule has 1 saturated heterocycles. The Labute approximate surface area is 154 Å². The molecule has 1 aliphatic heterocycles. The molecule has 1 aromatic carbocycles. The standard InChI is InChI=1S/C19H19F3N2O3/c1-12-4-7-16(14-5-6-15-13(9-14)3-2-8-23-15)24(10-12)17(25)18(26)27-11-19(20,21)22/h2-3,5-6,8-9,12,16H,4,7,10-11H2,1H3/t12-,16+/m0/s1. The normalized spacial score (nSPS) is 20.5. The number of hydrogen-bond acceptors (Lipinski definition) is 4. The molecule has 0 spiro atoms. The summed E-state index contributed by atoms with van der Waals surface area (Å²) < 4.78 is 40.9. The number of hydrogen-bond donors (Lipinski definition) is 0.